The molecule has 0 amide bonds. The van der Waals surface area contributed by atoms with E-state index in [9.17, 15) is 9.59 Å². The van der Waals surface area contributed by atoms with Crippen LogP contribution >= 0.6 is 0 Å². The van der Waals surface area contributed by atoms with Gasteiger partial charge in [-0.2, -0.15) is 0 Å². The molecule has 0 radical (unpaired) electrons. The van der Waals surface area contributed by atoms with Crippen molar-refractivity contribution in [2.24, 2.45) is 0 Å². The SMILES string of the molecule is CCC(CCN(Cc1ccc(C(=O)O)cc1)c1ccc(C(=O)O)cc1)N(C)C. The third kappa shape index (κ3) is 5.82. The highest BCUT2D eigenvalue weighted by Gasteiger charge is 2.14. The van der Waals surface area contributed by atoms with Gasteiger partial charge in [0.1, 0.15) is 0 Å². The van der Waals surface area contributed by atoms with Gasteiger partial charge < -0.3 is 20.0 Å². The van der Waals surface area contributed by atoms with Crippen LogP contribution in [0.1, 0.15) is 46.0 Å². The summed E-state index contributed by atoms with van der Waals surface area (Å²) in [4.78, 5) is 26.6. The molecule has 2 aromatic rings. The van der Waals surface area contributed by atoms with Gasteiger partial charge in [0.2, 0.25) is 0 Å². The Kier molecular flexibility index (Phi) is 7.58. The minimum atomic E-state index is -0.944. The molecular formula is C22H28N2O4. The number of carboxylic acid groups (broad SMARTS) is 2. The first kappa shape index (κ1) is 21.4. The fraction of sp³-hybridized carbons (Fsp3) is 0.364. The maximum Gasteiger partial charge on any atom is 0.335 e. The number of rotatable bonds is 10. The molecule has 6 nitrogen and oxygen atoms in total. The summed E-state index contributed by atoms with van der Waals surface area (Å²) < 4.78 is 0. The van der Waals surface area contributed by atoms with Crippen LogP contribution in [-0.4, -0.2) is 53.7 Å². The van der Waals surface area contributed by atoms with Crippen LogP contribution in [0.2, 0.25) is 0 Å². The molecule has 0 saturated carbocycles. The van der Waals surface area contributed by atoms with Crippen molar-refractivity contribution >= 4 is 17.6 Å². The molecule has 0 saturated heterocycles. The van der Waals surface area contributed by atoms with E-state index in [0.717, 1.165) is 30.6 Å². The molecule has 2 rings (SSSR count). The molecule has 0 heterocycles. The maximum atomic E-state index is 11.1. The molecule has 0 aliphatic carbocycles. The van der Waals surface area contributed by atoms with Crippen molar-refractivity contribution in [3.05, 3.63) is 65.2 Å². The summed E-state index contributed by atoms with van der Waals surface area (Å²) in [6, 6.07) is 14.2. The Bertz CT molecular complexity index is 785. The van der Waals surface area contributed by atoms with E-state index in [2.05, 4.69) is 30.8 Å². The van der Waals surface area contributed by atoms with Gasteiger partial charge in [0.05, 0.1) is 11.1 Å². The number of anilines is 1. The second-order valence-corrected chi connectivity index (χ2v) is 7.09. The van der Waals surface area contributed by atoms with Gasteiger partial charge in [-0.1, -0.05) is 19.1 Å². The molecule has 1 unspecified atom stereocenters. The highest BCUT2D eigenvalue weighted by atomic mass is 16.4. The van der Waals surface area contributed by atoms with Gasteiger partial charge in [0, 0.05) is 24.8 Å². The Morgan fingerprint density at radius 2 is 1.39 bits per heavy atom. The number of aromatic carboxylic acids is 2. The zero-order chi connectivity index (χ0) is 20.7. The lowest BCUT2D eigenvalue weighted by atomic mass is 10.1. The molecule has 0 fully saturated rings. The molecule has 0 aromatic heterocycles. The fourth-order valence-corrected chi connectivity index (χ4v) is 3.22. The summed E-state index contributed by atoms with van der Waals surface area (Å²) in [6.07, 6.45) is 2.02. The van der Waals surface area contributed by atoms with E-state index in [-0.39, 0.29) is 11.1 Å². The van der Waals surface area contributed by atoms with Gasteiger partial charge in [-0.25, -0.2) is 9.59 Å². The number of carbonyl (C=O) groups is 2. The Labute approximate surface area is 166 Å². The van der Waals surface area contributed by atoms with Crippen LogP contribution < -0.4 is 4.90 Å². The van der Waals surface area contributed by atoms with Crippen LogP contribution in [0.5, 0.6) is 0 Å². The molecular weight excluding hydrogens is 356 g/mol. The Morgan fingerprint density at radius 1 is 0.893 bits per heavy atom. The Hall–Kier alpha value is -2.86. The zero-order valence-electron chi connectivity index (χ0n) is 16.6. The second kappa shape index (κ2) is 9.90. The van der Waals surface area contributed by atoms with E-state index in [0.29, 0.717) is 12.6 Å². The van der Waals surface area contributed by atoms with Crippen LogP contribution in [0.15, 0.2) is 48.5 Å². The molecule has 2 aromatic carbocycles. The van der Waals surface area contributed by atoms with E-state index < -0.39 is 11.9 Å². The van der Waals surface area contributed by atoms with Gasteiger partial charge >= 0.3 is 11.9 Å². The summed E-state index contributed by atoms with van der Waals surface area (Å²) in [5.74, 6) is -1.88. The summed E-state index contributed by atoms with van der Waals surface area (Å²) in [6.45, 7) is 3.60. The van der Waals surface area contributed by atoms with Crippen LogP contribution in [0.3, 0.4) is 0 Å². The number of hydrogen-bond donors (Lipinski definition) is 2. The van der Waals surface area contributed by atoms with E-state index in [1.807, 2.05) is 24.3 Å². The molecule has 0 bridgehead atoms. The van der Waals surface area contributed by atoms with Crippen molar-refractivity contribution in [3.8, 4) is 0 Å². The largest absolute Gasteiger partial charge is 0.478 e. The zero-order valence-corrected chi connectivity index (χ0v) is 16.6. The average Bonchev–Trinajstić information content (AvgIpc) is 2.67. The smallest absolute Gasteiger partial charge is 0.335 e. The van der Waals surface area contributed by atoms with Gasteiger partial charge in [-0.3, -0.25) is 0 Å². The summed E-state index contributed by atoms with van der Waals surface area (Å²) in [5.41, 5.74) is 2.47. The quantitative estimate of drug-likeness (QED) is 0.648. The fourth-order valence-electron chi connectivity index (χ4n) is 3.22. The van der Waals surface area contributed by atoms with Crippen molar-refractivity contribution in [2.75, 3.05) is 25.5 Å². The Morgan fingerprint density at radius 3 is 1.82 bits per heavy atom. The van der Waals surface area contributed by atoms with Crippen LogP contribution in [0.25, 0.3) is 0 Å². The maximum absolute atomic E-state index is 11.1. The number of hydrogen-bond acceptors (Lipinski definition) is 4. The second-order valence-electron chi connectivity index (χ2n) is 7.09. The molecule has 1 atom stereocenters. The molecule has 0 spiro atoms. The minimum absolute atomic E-state index is 0.259. The van der Waals surface area contributed by atoms with E-state index >= 15 is 0 Å². The lowest BCUT2D eigenvalue weighted by molar-refractivity contribution is 0.0686. The summed E-state index contributed by atoms with van der Waals surface area (Å²) >= 11 is 0. The predicted octanol–water partition coefficient (Wildman–Crippen LogP) is 3.82. The molecule has 0 aliphatic heterocycles. The summed E-state index contributed by atoms with van der Waals surface area (Å²) in [7, 11) is 4.15. The first-order valence-electron chi connectivity index (χ1n) is 9.38. The van der Waals surface area contributed by atoms with Crippen molar-refractivity contribution in [2.45, 2.75) is 32.4 Å². The highest BCUT2D eigenvalue weighted by molar-refractivity contribution is 5.88. The third-order valence-corrected chi connectivity index (χ3v) is 4.99. The van der Waals surface area contributed by atoms with Crippen LogP contribution in [0.4, 0.5) is 5.69 Å². The van der Waals surface area contributed by atoms with Crippen molar-refractivity contribution in [1.82, 2.24) is 4.90 Å². The van der Waals surface area contributed by atoms with Crippen LogP contribution in [-0.2, 0) is 6.54 Å². The number of benzene rings is 2. The van der Waals surface area contributed by atoms with Crippen LogP contribution in [0, 0.1) is 0 Å². The molecule has 28 heavy (non-hydrogen) atoms. The number of carboxylic acids is 2. The van der Waals surface area contributed by atoms with Gasteiger partial charge in [-0.15, -0.1) is 0 Å². The topological polar surface area (TPSA) is 81.1 Å². The number of nitrogens with zero attached hydrogens (tertiary/aromatic N) is 2. The lowest BCUT2D eigenvalue weighted by Gasteiger charge is -2.29. The van der Waals surface area contributed by atoms with Gasteiger partial charge in [-0.05, 0) is 68.9 Å². The van der Waals surface area contributed by atoms with Crippen molar-refractivity contribution in [3.63, 3.8) is 0 Å². The molecule has 2 N–H and O–H groups in total. The first-order chi connectivity index (χ1) is 13.3. The average molecular weight is 384 g/mol. The minimum Gasteiger partial charge on any atom is -0.478 e. The van der Waals surface area contributed by atoms with Crippen molar-refractivity contribution in [1.29, 1.82) is 0 Å². The summed E-state index contributed by atoms with van der Waals surface area (Å²) in [5, 5.41) is 18.2. The lowest BCUT2D eigenvalue weighted by Crippen LogP contribution is -2.33. The van der Waals surface area contributed by atoms with E-state index in [1.54, 1.807) is 24.3 Å². The first-order valence-corrected chi connectivity index (χ1v) is 9.38. The van der Waals surface area contributed by atoms with Gasteiger partial charge in [0.25, 0.3) is 0 Å². The standard InChI is InChI=1S/C22H28N2O4/c1-4-19(23(2)3)13-14-24(20-11-9-18(10-12-20)22(27)28)15-16-5-7-17(8-6-16)21(25)26/h5-12,19H,4,13-15H2,1-3H3,(H,25,26)(H,27,28). The molecule has 150 valence electrons. The van der Waals surface area contributed by atoms with E-state index in [1.165, 1.54) is 0 Å². The third-order valence-electron chi connectivity index (χ3n) is 4.99. The van der Waals surface area contributed by atoms with Crippen molar-refractivity contribution < 1.29 is 19.8 Å². The highest BCUT2D eigenvalue weighted by Crippen LogP contribution is 2.20. The normalized spacial score (nSPS) is 12.0. The Balaban J connectivity index is 2.21. The van der Waals surface area contributed by atoms with Gasteiger partial charge in [0.15, 0.2) is 0 Å². The molecule has 0 aliphatic rings. The predicted molar refractivity (Wildman–Crippen MR) is 110 cm³/mol. The monoisotopic (exact) mass is 384 g/mol. The van der Waals surface area contributed by atoms with E-state index in [4.69, 9.17) is 10.2 Å². The molecule has 6 heteroatoms.